The Balaban J connectivity index is 1.75. The van der Waals surface area contributed by atoms with Gasteiger partial charge in [-0.15, -0.1) is 11.3 Å². The van der Waals surface area contributed by atoms with Crippen LogP contribution in [0.3, 0.4) is 0 Å². The predicted molar refractivity (Wildman–Crippen MR) is 93.5 cm³/mol. The number of hydrogen-bond donors (Lipinski definition) is 1. The molecular formula is C16H18N6OS. The monoisotopic (exact) mass is 342 g/mol. The third-order valence-corrected chi connectivity index (χ3v) is 5.14. The van der Waals surface area contributed by atoms with Crippen molar-refractivity contribution in [2.24, 2.45) is 0 Å². The summed E-state index contributed by atoms with van der Waals surface area (Å²) >= 11 is 1.65. The smallest absolute Gasteiger partial charge is 0.274 e. The third-order valence-electron chi connectivity index (χ3n) is 4.24. The fraction of sp³-hybridized carbons (Fsp3) is 0.375. The fourth-order valence-corrected chi connectivity index (χ4v) is 3.89. The molecule has 3 aromatic rings. The van der Waals surface area contributed by atoms with E-state index in [2.05, 4.69) is 25.1 Å². The summed E-state index contributed by atoms with van der Waals surface area (Å²) < 4.78 is 1.09. The van der Waals surface area contributed by atoms with Crippen molar-refractivity contribution < 1.29 is 4.79 Å². The summed E-state index contributed by atoms with van der Waals surface area (Å²) in [4.78, 5) is 25.3. The van der Waals surface area contributed by atoms with Gasteiger partial charge in [-0.2, -0.15) is 5.10 Å². The Morgan fingerprint density at radius 1 is 1.38 bits per heavy atom. The molecule has 0 aliphatic carbocycles. The Hall–Kier alpha value is -2.48. The Bertz CT molecular complexity index is 928. The molecule has 4 heterocycles. The van der Waals surface area contributed by atoms with E-state index < -0.39 is 0 Å². The molecule has 8 heteroatoms. The molecule has 0 saturated carbocycles. The van der Waals surface area contributed by atoms with Crippen LogP contribution in [0.5, 0.6) is 0 Å². The highest BCUT2D eigenvalue weighted by Crippen LogP contribution is 2.32. The maximum absolute atomic E-state index is 12.3. The van der Waals surface area contributed by atoms with E-state index in [9.17, 15) is 4.79 Å². The molecule has 3 aromatic heterocycles. The number of rotatable bonds is 2. The topological polar surface area (TPSA) is 78.0 Å². The number of aromatic nitrogens is 4. The standard InChI is InChI=1S/C16H18N6OS/c1-9-17-12-5-7-24-14(12)15(18-9)22-6-4-11-10(8-22)13(20-19-11)16(23)21(2)3/h5,7H,4,6,8H2,1-3H3,(H,19,20). The van der Waals surface area contributed by atoms with Crippen molar-refractivity contribution in [3.63, 3.8) is 0 Å². The van der Waals surface area contributed by atoms with Gasteiger partial charge < -0.3 is 9.80 Å². The van der Waals surface area contributed by atoms with E-state index in [4.69, 9.17) is 0 Å². The van der Waals surface area contributed by atoms with Crippen LogP contribution in [0, 0.1) is 6.92 Å². The van der Waals surface area contributed by atoms with Crippen LogP contribution in [0.4, 0.5) is 5.82 Å². The van der Waals surface area contributed by atoms with E-state index in [0.717, 1.165) is 46.1 Å². The van der Waals surface area contributed by atoms with E-state index in [1.54, 1.807) is 30.3 Å². The van der Waals surface area contributed by atoms with Gasteiger partial charge in [0.1, 0.15) is 5.82 Å². The number of thiophene rings is 1. The quantitative estimate of drug-likeness (QED) is 0.770. The first kappa shape index (κ1) is 15.1. The van der Waals surface area contributed by atoms with Crippen LogP contribution in [0.25, 0.3) is 10.2 Å². The number of carbonyl (C=O) groups excluding carboxylic acids is 1. The van der Waals surface area contributed by atoms with Gasteiger partial charge in [0.05, 0.1) is 10.2 Å². The minimum Gasteiger partial charge on any atom is -0.350 e. The highest BCUT2D eigenvalue weighted by molar-refractivity contribution is 7.17. The minimum atomic E-state index is -0.0745. The molecular weight excluding hydrogens is 324 g/mol. The number of aromatic amines is 1. The number of carbonyl (C=O) groups is 1. The van der Waals surface area contributed by atoms with Crippen molar-refractivity contribution in [1.82, 2.24) is 25.1 Å². The first-order valence-corrected chi connectivity index (χ1v) is 8.67. The van der Waals surface area contributed by atoms with Crippen molar-refractivity contribution in [3.05, 3.63) is 34.2 Å². The van der Waals surface area contributed by atoms with Crippen LogP contribution >= 0.6 is 11.3 Å². The van der Waals surface area contributed by atoms with Crippen molar-refractivity contribution >= 4 is 33.3 Å². The average Bonchev–Trinajstić information content (AvgIpc) is 3.18. The number of nitrogens with zero attached hydrogens (tertiary/aromatic N) is 5. The fourth-order valence-electron chi connectivity index (χ4n) is 3.04. The zero-order valence-electron chi connectivity index (χ0n) is 13.8. The lowest BCUT2D eigenvalue weighted by atomic mass is 10.0. The predicted octanol–water partition coefficient (Wildman–Crippen LogP) is 1.99. The van der Waals surface area contributed by atoms with Gasteiger partial charge in [0.2, 0.25) is 0 Å². The van der Waals surface area contributed by atoms with Gasteiger partial charge in [0, 0.05) is 44.9 Å². The molecule has 4 rings (SSSR count). The number of hydrogen-bond acceptors (Lipinski definition) is 6. The van der Waals surface area contributed by atoms with Crippen LogP contribution < -0.4 is 4.90 Å². The molecule has 0 atom stereocenters. The number of aryl methyl sites for hydroxylation is 1. The van der Waals surface area contributed by atoms with E-state index in [-0.39, 0.29) is 5.91 Å². The summed E-state index contributed by atoms with van der Waals surface area (Å²) in [5, 5.41) is 9.31. The largest absolute Gasteiger partial charge is 0.350 e. The van der Waals surface area contributed by atoms with E-state index in [1.165, 1.54) is 0 Å². The molecule has 0 spiro atoms. The van der Waals surface area contributed by atoms with E-state index in [1.807, 2.05) is 18.4 Å². The molecule has 7 nitrogen and oxygen atoms in total. The van der Waals surface area contributed by atoms with E-state index in [0.29, 0.717) is 12.2 Å². The minimum absolute atomic E-state index is 0.0745. The molecule has 1 amide bonds. The van der Waals surface area contributed by atoms with Crippen LogP contribution in [-0.4, -0.2) is 51.6 Å². The Labute approximate surface area is 143 Å². The lowest BCUT2D eigenvalue weighted by Gasteiger charge is -2.28. The second-order valence-corrected chi connectivity index (χ2v) is 7.05. The van der Waals surface area contributed by atoms with Crippen molar-refractivity contribution in [2.45, 2.75) is 19.9 Å². The van der Waals surface area contributed by atoms with Crippen LogP contribution in [0.1, 0.15) is 27.6 Å². The molecule has 0 bridgehead atoms. The third kappa shape index (κ3) is 2.34. The molecule has 0 aromatic carbocycles. The lowest BCUT2D eigenvalue weighted by molar-refractivity contribution is 0.0821. The number of fused-ring (bicyclic) bond motifs is 2. The summed E-state index contributed by atoms with van der Waals surface area (Å²) in [6, 6.07) is 2.02. The van der Waals surface area contributed by atoms with Crippen LogP contribution in [-0.2, 0) is 13.0 Å². The van der Waals surface area contributed by atoms with Gasteiger partial charge in [0.15, 0.2) is 11.5 Å². The molecule has 1 aliphatic rings. The molecule has 0 fully saturated rings. The number of H-pyrrole nitrogens is 1. The Kier molecular flexibility index (Phi) is 3.49. The van der Waals surface area contributed by atoms with Crippen molar-refractivity contribution in [1.29, 1.82) is 0 Å². The van der Waals surface area contributed by atoms with E-state index >= 15 is 0 Å². The van der Waals surface area contributed by atoms with Crippen LogP contribution in [0.15, 0.2) is 11.4 Å². The zero-order chi connectivity index (χ0) is 16.8. The Morgan fingerprint density at radius 2 is 2.21 bits per heavy atom. The van der Waals surface area contributed by atoms with Gasteiger partial charge in [0.25, 0.3) is 5.91 Å². The summed E-state index contributed by atoms with van der Waals surface area (Å²) in [5.41, 5.74) is 3.50. The van der Waals surface area contributed by atoms with Gasteiger partial charge in [-0.3, -0.25) is 9.89 Å². The zero-order valence-corrected chi connectivity index (χ0v) is 14.6. The number of amides is 1. The first-order valence-electron chi connectivity index (χ1n) is 7.79. The van der Waals surface area contributed by atoms with Gasteiger partial charge >= 0.3 is 0 Å². The summed E-state index contributed by atoms with van der Waals surface area (Å²) in [6.07, 6.45) is 0.818. The molecule has 1 N–H and O–H groups in total. The molecule has 1 aliphatic heterocycles. The molecule has 0 radical (unpaired) electrons. The maximum atomic E-state index is 12.3. The highest BCUT2D eigenvalue weighted by atomic mass is 32.1. The molecule has 0 unspecified atom stereocenters. The van der Waals surface area contributed by atoms with Gasteiger partial charge in [-0.05, 0) is 18.4 Å². The number of nitrogens with one attached hydrogen (secondary N) is 1. The Morgan fingerprint density at radius 3 is 3.00 bits per heavy atom. The van der Waals surface area contributed by atoms with Gasteiger partial charge in [-0.25, -0.2) is 9.97 Å². The summed E-state index contributed by atoms with van der Waals surface area (Å²) in [5.74, 6) is 1.63. The molecule has 24 heavy (non-hydrogen) atoms. The first-order chi connectivity index (χ1) is 11.5. The molecule has 124 valence electrons. The lowest BCUT2D eigenvalue weighted by Crippen LogP contribution is -2.33. The average molecular weight is 342 g/mol. The van der Waals surface area contributed by atoms with Crippen molar-refractivity contribution in [2.75, 3.05) is 25.5 Å². The second-order valence-electron chi connectivity index (χ2n) is 6.13. The normalized spacial score (nSPS) is 14.0. The van der Waals surface area contributed by atoms with Gasteiger partial charge in [-0.1, -0.05) is 0 Å². The SMILES string of the molecule is Cc1nc(N2CCc3[nH]nc(C(=O)N(C)C)c3C2)c2sccc2n1. The highest BCUT2D eigenvalue weighted by Gasteiger charge is 2.28. The second kappa shape index (κ2) is 5.55. The van der Waals surface area contributed by atoms with Crippen molar-refractivity contribution in [3.8, 4) is 0 Å². The molecule has 0 saturated heterocycles. The van der Waals surface area contributed by atoms with Crippen LogP contribution in [0.2, 0.25) is 0 Å². The summed E-state index contributed by atoms with van der Waals surface area (Å²) in [6.45, 7) is 3.38. The maximum Gasteiger partial charge on any atom is 0.274 e. The summed E-state index contributed by atoms with van der Waals surface area (Å²) in [7, 11) is 3.49. The number of anilines is 1.